The smallest absolute Gasteiger partial charge is 0.278 e. The van der Waals surface area contributed by atoms with Gasteiger partial charge in [-0.2, -0.15) is 8.42 Å². The molecule has 0 N–H and O–H groups in total. The number of carbonyl (C=O) groups is 1. The van der Waals surface area contributed by atoms with Gasteiger partial charge < -0.3 is 0 Å². The Hall–Kier alpha value is -2.41. The van der Waals surface area contributed by atoms with Crippen molar-refractivity contribution in [3.8, 4) is 0 Å². The fourth-order valence-corrected chi connectivity index (χ4v) is 23.2. The van der Waals surface area contributed by atoms with E-state index in [4.69, 9.17) is 3.63 Å². The Morgan fingerprint density at radius 3 is 0.807 bits per heavy atom. The van der Waals surface area contributed by atoms with Crippen LogP contribution < -0.4 is 0 Å². The summed E-state index contributed by atoms with van der Waals surface area (Å²) < 4.78 is 43.0. The van der Waals surface area contributed by atoms with Gasteiger partial charge in [0, 0.05) is 21.1 Å². The Labute approximate surface area is 547 Å². The van der Waals surface area contributed by atoms with E-state index in [1.165, 1.54) is 219 Å². The van der Waals surface area contributed by atoms with E-state index >= 15 is 8.42 Å². The summed E-state index contributed by atoms with van der Waals surface area (Å²) in [5, 5.41) is 0. The van der Waals surface area contributed by atoms with E-state index in [-0.39, 0.29) is 17.5 Å². The molecular formula is C82H138O4S2. The van der Waals surface area contributed by atoms with Crippen molar-refractivity contribution in [1.29, 1.82) is 0 Å². The van der Waals surface area contributed by atoms with Gasteiger partial charge in [-0.25, -0.2) is 3.63 Å². The topological polar surface area (TPSA) is 60.4 Å². The lowest BCUT2D eigenvalue weighted by atomic mass is 9.70. The number of hydrogen-bond donors (Lipinski definition) is 0. The molecule has 0 amide bonds. The molecule has 2 saturated carbocycles. The van der Waals surface area contributed by atoms with Crippen molar-refractivity contribution in [3.05, 3.63) is 86.5 Å². The molecule has 502 valence electrons. The minimum atomic E-state index is -4.47. The Morgan fingerprint density at radius 1 is 0.364 bits per heavy atom. The minimum absolute atomic E-state index is 0.156. The highest BCUT2D eigenvalue weighted by Crippen LogP contribution is 2.76. The van der Waals surface area contributed by atoms with Crippen LogP contribution in [0.25, 0.3) is 0 Å². The maximum Gasteiger partial charge on any atom is 0.278 e. The van der Waals surface area contributed by atoms with Crippen LogP contribution in [0.3, 0.4) is 0 Å². The van der Waals surface area contributed by atoms with Gasteiger partial charge in [-0.1, -0.05) is 286 Å². The SMILES string of the molecule is CCCCCCc1cc(CCCCCC)c(S(OS(=O)(=O)CC23CCC(CC2=O)C3(C)C)(c2c(CCCCCC)cc(CCCCCC)cc2CCCCCC)c2c(CCCCCC)cc(CCCCCC)cc2CCCCCC)c(CCCCCC)c1. The number of hydrogen-bond acceptors (Lipinski definition) is 4. The zero-order valence-corrected chi connectivity index (χ0v) is 61.3. The Bertz CT molecular complexity index is 2240. The van der Waals surface area contributed by atoms with Crippen molar-refractivity contribution in [3.63, 3.8) is 0 Å². The average molecular weight is 1250 g/mol. The summed E-state index contributed by atoms with van der Waals surface area (Å²) in [7, 11) is -7.65. The molecule has 2 aliphatic carbocycles. The Kier molecular flexibility index (Phi) is 35.8. The van der Waals surface area contributed by atoms with Crippen molar-refractivity contribution in [2.75, 3.05) is 5.75 Å². The standard InChI is InChI=1S/C82H138O4S2/c1-12-21-30-39-48-67-59-70(51-42-33-24-15-4)78(71(60-67)52-43-34-25-16-5)88(86-87(84,85)66-82-58-57-76(65-77(82)83)81(82,10)11,79-72(53-44-35-26-17-6)61-68(49-40-31-22-13-2)62-73(79)54-45-36-27-18-7)80-74(55-46-37-28-19-8)63-69(50-41-32-23-14-3)64-75(80)56-47-38-29-20-9/h59-64,76H,12-58,65-66H2,1-11H3. The molecule has 2 aliphatic rings. The highest BCUT2D eigenvalue weighted by Gasteiger charge is 2.66. The van der Waals surface area contributed by atoms with Crippen LogP contribution in [0.4, 0.5) is 0 Å². The van der Waals surface area contributed by atoms with Gasteiger partial charge in [0.2, 0.25) is 0 Å². The second-order valence-electron chi connectivity index (χ2n) is 29.0. The van der Waals surface area contributed by atoms with Crippen LogP contribution in [0.5, 0.6) is 0 Å². The van der Waals surface area contributed by atoms with E-state index in [0.717, 1.165) is 141 Å². The molecule has 0 saturated heterocycles. The number of rotatable bonds is 52. The van der Waals surface area contributed by atoms with Crippen molar-refractivity contribution in [2.24, 2.45) is 16.7 Å². The highest BCUT2D eigenvalue weighted by molar-refractivity contribution is 8.33. The second kappa shape index (κ2) is 41.3. The van der Waals surface area contributed by atoms with Gasteiger partial charge >= 0.3 is 0 Å². The molecular weight excluding hydrogens is 1110 g/mol. The number of fused-ring (bicyclic) bond motifs is 2. The molecule has 3 aromatic carbocycles. The summed E-state index contributed by atoms with van der Waals surface area (Å²) in [4.78, 5) is 18.8. The third-order valence-corrected chi connectivity index (χ3v) is 27.1. The molecule has 2 fully saturated rings. The summed E-state index contributed by atoms with van der Waals surface area (Å²) in [5.41, 5.74) is 11.1. The molecule has 4 nitrogen and oxygen atoms in total. The molecule has 0 aromatic heterocycles. The average Bonchev–Trinajstić information content (AvgIpc) is 1.11. The monoisotopic (exact) mass is 1250 g/mol. The van der Waals surface area contributed by atoms with E-state index < -0.39 is 31.3 Å². The predicted molar refractivity (Wildman–Crippen MR) is 386 cm³/mol. The molecule has 88 heavy (non-hydrogen) atoms. The Morgan fingerprint density at radius 2 is 0.602 bits per heavy atom. The van der Waals surface area contributed by atoms with Gasteiger partial charge in [-0.3, -0.25) is 4.79 Å². The van der Waals surface area contributed by atoms with Crippen LogP contribution in [0.1, 0.15) is 377 Å². The number of carbonyl (C=O) groups excluding carboxylic acids is 1. The molecule has 2 atom stereocenters. The maximum absolute atomic E-state index is 17.3. The molecule has 6 heteroatoms. The fourth-order valence-electron chi connectivity index (χ4n) is 15.9. The minimum Gasteiger partial charge on any atom is -0.299 e. The van der Waals surface area contributed by atoms with Gasteiger partial charge in [-0.15, -0.1) is 0 Å². The second-order valence-corrected chi connectivity index (χ2v) is 33.3. The molecule has 3 aromatic rings. The van der Waals surface area contributed by atoms with E-state index in [2.05, 4.69) is 113 Å². The van der Waals surface area contributed by atoms with Gasteiger partial charge in [0.15, 0.2) is 0 Å². The van der Waals surface area contributed by atoms with E-state index in [9.17, 15) is 4.79 Å². The molecule has 0 radical (unpaired) electrons. The highest BCUT2D eigenvalue weighted by atomic mass is 32.3. The first-order valence-corrected chi connectivity index (χ1v) is 41.6. The lowest BCUT2D eigenvalue weighted by Crippen LogP contribution is -2.42. The van der Waals surface area contributed by atoms with Gasteiger partial charge in [0.1, 0.15) is 5.78 Å². The van der Waals surface area contributed by atoms with Crippen LogP contribution in [-0.2, 0) is 76.3 Å². The first-order valence-electron chi connectivity index (χ1n) is 38.4. The number of unbranched alkanes of at least 4 members (excludes halogenated alkanes) is 27. The molecule has 0 spiro atoms. The fraction of sp³-hybridized carbons (Fsp3) is 0.768. The van der Waals surface area contributed by atoms with Crippen molar-refractivity contribution in [2.45, 2.75) is 399 Å². The van der Waals surface area contributed by atoms with Crippen molar-refractivity contribution < 1.29 is 16.8 Å². The predicted octanol–water partition coefficient (Wildman–Crippen LogP) is 25.7. The lowest BCUT2D eigenvalue weighted by Gasteiger charge is -2.47. The molecule has 0 heterocycles. The number of ketones is 1. The van der Waals surface area contributed by atoms with Crippen LogP contribution in [-0.4, -0.2) is 20.0 Å². The summed E-state index contributed by atoms with van der Waals surface area (Å²) in [6, 6.07) is 15.8. The van der Waals surface area contributed by atoms with Gasteiger partial charge in [-0.05, 0) is 200 Å². The quantitative estimate of drug-likeness (QED) is 0.0529. The number of Topliss-reactive ketones (excluding diaryl/α,β-unsaturated/α-hetero) is 1. The molecule has 5 rings (SSSR count). The van der Waals surface area contributed by atoms with E-state index in [1.54, 1.807) is 0 Å². The molecule has 0 aliphatic heterocycles. The van der Waals surface area contributed by atoms with Crippen LogP contribution in [0.15, 0.2) is 51.1 Å². The zero-order chi connectivity index (χ0) is 63.7. The zero-order valence-electron chi connectivity index (χ0n) is 59.6. The summed E-state index contributed by atoms with van der Waals surface area (Å²) in [5.74, 6) is 0.124. The summed E-state index contributed by atoms with van der Waals surface area (Å²) in [6.45, 7) is 25.5. The molecule has 2 unspecified atom stereocenters. The maximum atomic E-state index is 17.3. The van der Waals surface area contributed by atoms with Crippen LogP contribution >= 0.6 is 10.3 Å². The third-order valence-electron chi connectivity index (χ3n) is 21.3. The van der Waals surface area contributed by atoms with E-state index in [0.29, 0.717) is 12.8 Å². The first kappa shape index (κ1) is 76.3. The van der Waals surface area contributed by atoms with Gasteiger partial charge in [0.25, 0.3) is 10.1 Å². The van der Waals surface area contributed by atoms with Gasteiger partial charge in [0.05, 0.1) is 11.2 Å². The third kappa shape index (κ3) is 22.1. The lowest BCUT2D eigenvalue weighted by molar-refractivity contribution is -0.128. The van der Waals surface area contributed by atoms with Crippen molar-refractivity contribution in [1.82, 2.24) is 0 Å². The van der Waals surface area contributed by atoms with Crippen LogP contribution in [0, 0.1) is 16.7 Å². The Balaban J connectivity index is 2.21. The summed E-state index contributed by atoms with van der Waals surface area (Å²) >= 11 is 0. The normalized spacial score (nSPS) is 16.9. The number of benzene rings is 3. The molecule has 2 bridgehead atoms. The van der Waals surface area contributed by atoms with E-state index in [1.807, 2.05) is 0 Å². The largest absolute Gasteiger partial charge is 0.299 e. The van der Waals surface area contributed by atoms with Crippen molar-refractivity contribution >= 4 is 26.2 Å². The van der Waals surface area contributed by atoms with Crippen LogP contribution in [0.2, 0.25) is 0 Å². The first-order chi connectivity index (χ1) is 42.7. The summed E-state index contributed by atoms with van der Waals surface area (Å²) in [6.07, 6.45) is 52.7. The number of aryl methyl sites for hydroxylation is 9.